The van der Waals surface area contributed by atoms with Crippen LogP contribution in [-0.2, 0) is 19.1 Å². The molecule has 8 nitrogen and oxygen atoms in total. The summed E-state index contributed by atoms with van der Waals surface area (Å²) in [7, 11) is 1.21. The fourth-order valence-corrected chi connectivity index (χ4v) is 3.70. The van der Waals surface area contributed by atoms with Crippen molar-refractivity contribution < 1.29 is 28.7 Å². The van der Waals surface area contributed by atoms with Crippen molar-refractivity contribution >= 4 is 39.7 Å². The number of hydrazine groups is 1. The molecule has 30 heavy (non-hydrogen) atoms. The van der Waals surface area contributed by atoms with Crippen LogP contribution in [0.3, 0.4) is 0 Å². The van der Waals surface area contributed by atoms with E-state index < -0.39 is 23.9 Å². The van der Waals surface area contributed by atoms with Gasteiger partial charge in [0, 0.05) is 16.1 Å². The van der Waals surface area contributed by atoms with Crippen LogP contribution in [0.4, 0.5) is 4.79 Å². The smallest absolute Gasteiger partial charge is 0.425 e. The van der Waals surface area contributed by atoms with E-state index in [0.29, 0.717) is 18.4 Å². The number of hydrogen-bond acceptors (Lipinski definition) is 6. The van der Waals surface area contributed by atoms with E-state index in [2.05, 4.69) is 26.1 Å². The Kier molecular flexibility index (Phi) is 8.83. The van der Waals surface area contributed by atoms with Crippen LogP contribution in [0.5, 0.6) is 0 Å². The first-order chi connectivity index (χ1) is 14.2. The maximum atomic E-state index is 13.1. The van der Waals surface area contributed by atoms with Gasteiger partial charge >= 0.3 is 12.1 Å². The molecule has 1 fully saturated rings. The van der Waals surface area contributed by atoms with Gasteiger partial charge in [-0.2, -0.15) is 0 Å². The zero-order chi connectivity index (χ0) is 22.3. The number of benzene rings is 1. The third-order valence-electron chi connectivity index (χ3n) is 5.05. The zero-order valence-electron chi connectivity index (χ0n) is 17.4. The molecule has 1 N–H and O–H groups in total. The minimum atomic E-state index is -0.757. The highest BCUT2D eigenvalue weighted by atomic mass is 79.9. The SMILES string of the molecule is COC(=O)NN(C(=O)[C@H]1CCCC[C@@H]1C(=O)OCC(=O)c1ccc(Br)cc1)C(C)C. The first-order valence-corrected chi connectivity index (χ1v) is 10.7. The molecular weight excluding hydrogens is 456 g/mol. The molecule has 1 aliphatic carbocycles. The Morgan fingerprint density at radius 1 is 1.10 bits per heavy atom. The van der Waals surface area contributed by atoms with Gasteiger partial charge in [-0.25, -0.2) is 15.2 Å². The van der Waals surface area contributed by atoms with E-state index in [4.69, 9.17) is 4.74 Å². The Labute approximate surface area is 184 Å². The predicted molar refractivity (Wildman–Crippen MR) is 112 cm³/mol. The first kappa shape index (κ1) is 23.9. The number of nitrogens with one attached hydrogen (secondary N) is 1. The summed E-state index contributed by atoms with van der Waals surface area (Å²) in [4.78, 5) is 49.7. The standard InChI is InChI=1S/C21H27BrN2O6/c1-13(2)24(23-21(28)29-3)19(26)16-6-4-5-7-17(16)20(27)30-12-18(25)14-8-10-15(22)11-9-14/h8-11,13,16-17H,4-7,12H2,1-3H3,(H,23,28)/t16-,17-/m0/s1. The second-order valence-corrected chi connectivity index (χ2v) is 8.36. The lowest BCUT2D eigenvalue weighted by molar-refractivity contribution is -0.158. The largest absolute Gasteiger partial charge is 0.457 e. The summed E-state index contributed by atoms with van der Waals surface area (Å²) in [5, 5.41) is 1.19. The summed E-state index contributed by atoms with van der Waals surface area (Å²) in [6.07, 6.45) is 1.82. The van der Waals surface area contributed by atoms with Crippen molar-refractivity contribution in [2.75, 3.05) is 13.7 Å². The Bertz CT molecular complexity index is 780. The van der Waals surface area contributed by atoms with Crippen LogP contribution < -0.4 is 5.43 Å². The summed E-state index contributed by atoms with van der Waals surface area (Å²) >= 11 is 3.30. The van der Waals surface area contributed by atoms with Gasteiger partial charge in [-0.3, -0.25) is 14.4 Å². The quantitative estimate of drug-likeness (QED) is 0.378. The van der Waals surface area contributed by atoms with Crippen molar-refractivity contribution in [3.8, 4) is 0 Å². The van der Waals surface area contributed by atoms with Crippen molar-refractivity contribution in [3.63, 3.8) is 0 Å². The van der Waals surface area contributed by atoms with Gasteiger partial charge in [0.2, 0.25) is 5.91 Å². The van der Waals surface area contributed by atoms with Crippen LogP contribution in [0.25, 0.3) is 0 Å². The van der Waals surface area contributed by atoms with Crippen molar-refractivity contribution in [1.82, 2.24) is 10.4 Å². The summed E-state index contributed by atoms with van der Waals surface area (Å²) < 4.78 is 10.7. The number of Topliss-reactive ketones (excluding diaryl/α,β-unsaturated/α-hetero) is 1. The lowest BCUT2D eigenvalue weighted by Crippen LogP contribution is -2.54. The van der Waals surface area contributed by atoms with Gasteiger partial charge in [0.25, 0.3) is 0 Å². The van der Waals surface area contributed by atoms with E-state index >= 15 is 0 Å². The average Bonchev–Trinajstić information content (AvgIpc) is 2.75. The fraction of sp³-hybridized carbons (Fsp3) is 0.524. The van der Waals surface area contributed by atoms with Crippen molar-refractivity contribution in [2.24, 2.45) is 11.8 Å². The molecule has 1 aromatic rings. The van der Waals surface area contributed by atoms with E-state index in [1.54, 1.807) is 38.1 Å². The summed E-state index contributed by atoms with van der Waals surface area (Å²) in [6, 6.07) is 6.44. The van der Waals surface area contributed by atoms with Crippen LogP contribution >= 0.6 is 15.9 Å². The first-order valence-electron chi connectivity index (χ1n) is 9.87. The van der Waals surface area contributed by atoms with Gasteiger partial charge in [0.1, 0.15) is 0 Å². The number of ketones is 1. The second kappa shape index (κ2) is 11.1. The highest BCUT2D eigenvalue weighted by molar-refractivity contribution is 9.10. The number of rotatable bonds is 6. The van der Waals surface area contributed by atoms with Crippen molar-refractivity contribution in [1.29, 1.82) is 0 Å². The molecule has 0 bridgehead atoms. The molecule has 0 aromatic heterocycles. The van der Waals surface area contributed by atoms with E-state index in [1.807, 2.05) is 0 Å². The van der Waals surface area contributed by atoms with Crippen molar-refractivity contribution in [3.05, 3.63) is 34.3 Å². The highest BCUT2D eigenvalue weighted by Gasteiger charge is 2.40. The number of methoxy groups -OCH3 is 1. The fourth-order valence-electron chi connectivity index (χ4n) is 3.43. The highest BCUT2D eigenvalue weighted by Crippen LogP contribution is 2.32. The second-order valence-electron chi connectivity index (χ2n) is 7.44. The van der Waals surface area contributed by atoms with Crippen LogP contribution in [0, 0.1) is 11.8 Å². The molecule has 9 heteroatoms. The van der Waals surface area contributed by atoms with Gasteiger partial charge in [0.05, 0.1) is 18.9 Å². The van der Waals surface area contributed by atoms with Crippen LogP contribution in [0.15, 0.2) is 28.7 Å². The number of esters is 1. The summed E-state index contributed by atoms with van der Waals surface area (Å²) in [5.74, 6) is -2.54. The number of nitrogens with zero attached hydrogens (tertiary/aromatic N) is 1. The molecule has 0 spiro atoms. The normalized spacial score (nSPS) is 18.4. The Balaban J connectivity index is 2.05. The topological polar surface area (TPSA) is 102 Å². The molecule has 1 saturated carbocycles. The van der Waals surface area contributed by atoms with Crippen LogP contribution in [0.1, 0.15) is 49.9 Å². The summed E-state index contributed by atoms with van der Waals surface area (Å²) in [6.45, 7) is 3.12. The molecule has 0 radical (unpaired) electrons. The molecule has 0 heterocycles. The molecule has 0 unspecified atom stereocenters. The maximum absolute atomic E-state index is 13.1. The predicted octanol–water partition coefficient (Wildman–Crippen LogP) is 3.49. The number of halogens is 1. The molecule has 1 aromatic carbocycles. The number of carbonyl (C=O) groups excluding carboxylic acids is 4. The van der Waals surface area contributed by atoms with E-state index in [-0.39, 0.29) is 24.3 Å². The van der Waals surface area contributed by atoms with Gasteiger partial charge in [0.15, 0.2) is 12.4 Å². The number of hydrogen-bond donors (Lipinski definition) is 1. The van der Waals surface area contributed by atoms with Crippen LogP contribution in [-0.4, -0.2) is 48.5 Å². The molecule has 0 aliphatic heterocycles. The van der Waals surface area contributed by atoms with E-state index in [9.17, 15) is 19.2 Å². The number of amides is 2. The van der Waals surface area contributed by atoms with E-state index in [1.165, 1.54) is 12.1 Å². The molecule has 2 rings (SSSR count). The maximum Gasteiger partial charge on any atom is 0.425 e. The third kappa shape index (κ3) is 6.29. The molecule has 2 atom stereocenters. The molecule has 1 aliphatic rings. The van der Waals surface area contributed by atoms with Gasteiger partial charge < -0.3 is 9.47 Å². The van der Waals surface area contributed by atoms with Gasteiger partial charge in [-0.15, -0.1) is 0 Å². The summed E-state index contributed by atoms with van der Waals surface area (Å²) in [5.41, 5.74) is 2.85. The molecule has 2 amide bonds. The average molecular weight is 483 g/mol. The Morgan fingerprint density at radius 2 is 1.70 bits per heavy atom. The third-order valence-corrected chi connectivity index (χ3v) is 5.58. The minimum absolute atomic E-state index is 0.314. The minimum Gasteiger partial charge on any atom is -0.457 e. The Morgan fingerprint density at radius 3 is 2.27 bits per heavy atom. The molecular formula is C21H27BrN2O6. The lowest BCUT2D eigenvalue weighted by atomic mass is 9.78. The van der Waals surface area contributed by atoms with Gasteiger partial charge in [-0.1, -0.05) is 40.9 Å². The molecule has 164 valence electrons. The van der Waals surface area contributed by atoms with Crippen LogP contribution in [0.2, 0.25) is 0 Å². The number of carbonyl (C=O) groups is 4. The Hall–Kier alpha value is -2.42. The van der Waals surface area contributed by atoms with Gasteiger partial charge in [-0.05, 0) is 38.8 Å². The molecule has 0 saturated heterocycles. The zero-order valence-corrected chi connectivity index (χ0v) is 18.9. The number of ether oxygens (including phenoxy) is 2. The van der Waals surface area contributed by atoms with E-state index in [0.717, 1.165) is 17.3 Å². The monoisotopic (exact) mass is 482 g/mol. The lowest BCUT2D eigenvalue weighted by Gasteiger charge is -2.35. The van der Waals surface area contributed by atoms with Crippen molar-refractivity contribution in [2.45, 2.75) is 45.6 Å².